The minimum atomic E-state index is -0.808. The predicted octanol–water partition coefficient (Wildman–Crippen LogP) is 3.31. The van der Waals surface area contributed by atoms with Crippen LogP contribution in [-0.4, -0.2) is 24.4 Å². The third-order valence-corrected chi connectivity index (χ3v) is 3.67. The highest BCUT2D eigenvalue weighted by atomic mass is 35.5. The Bertz CT molecular complexity index is 879. The highest BCUT2D eigenvalue weighted by Gasteiger charge is 2.15. The molecule has 0 radical (unpaired) electrons. The first-order chi connectivity index (χ1) is 12.8. The van der Waals surface area contributed by atoms with E-state index in [0.29, 0.717) is 16.3 Å². The van der Waals surface area contributed by atoms with Crippen molar-refractivity contribution in [3.8, 4) is 0 Å². The van der Waals surface area contributed by atoms with Gasteiger partial charge in [-0.3, -0.25) is 9.59 Å². The van der Waals surface area contributed by atoms with E-state index >= 15 is 0 Å². The van der Waals surface area contributed by atoms with Crippen molar-refractivity contribution in [3.63, 3.8) is 0 Å². The van der Waals surface area contributed by atoms with Crippen LogP contribution in [0.1, 0.15) is 18.1 Å². The molecular formula is C20H19ClN2O4. The molecule has 6 nitrogen and oxygen atoms in total. The Morgan fingerprint density at radius 2 is 1.81 bits per heavy atom. The minimum absolute atomic E-state index is 0.0517. The van der Waals surface area contributed by atoms with E-state index in [1.807, 2.05) is 6.07 Å². The summed E-state index contributed by atoms with van der Waals surface area (Å²) in [7, 11) is 0. The molecular weight excluding hydrogens is 368 g/mol. The second-order valence-corrected chi connectivity index (χ2v) is 6.17. The third-order valence-electron chi connectivity index (χ3n) is 3.44. The number of nitrogens with one attached hydrogen (secondary N) is 2. The Hall–Kier alpha value is -3.12. The average Bonchev–Trinajstić information content (AvgIpc) is 2.62. The van der Waals surface area contributed by atoms with E-state index in [-0.39, 0.29) is 5.70 Å². The molecule has 7 heteroatoms. The first-order valence-electron chi connectivity index (χ1n) is 8.12. The van der Waals surface area contributed by atoms with Gasteiger partial charge in [-0.05, 0) is 42.3 Å². The Labute approximate surface area is 162 Å². The smallest absolute Gasteiger partial charge is 0.355 e. The van der Waals surface area contributed by atoms with Crippen LogP contribution < -0.4 is 10.6 Å². The monoisotopic (exact) mass is 386 g/mol. The Morgan fingerprint density at radius 3 is 2.44 bits per heavy atom. The van der Waals surface area contributed by atoms with Crippen molar-refractivity contribution in [1.29, 1.82) is 0 Å². The first kappa shape index (κ1) is 20.2. The molecule has 0 heterocycles. The van der Waals surface area contributed by atoms with Gasteiger partial charge in [0.1, 0.15) is 5.70 Å². The summed E-state index contributed by atoms with van der Waals surface area (Å²) in [5, 5.41) is 5.62. The Balaban J connectivity index is 2.01. The maximum absolute atomic E-state index is 12.2. The second kappa shape index (κ2) is 9.54. The molecule has 2 aromatic rings. The highest BCUT2D eigenvalue weighted by molar-refractivity contribution is 6.30. The molecule has 0 fully saturated rings. The molecule has 140 valence electrons. The number of rotatable bonds is 6. The number of anilines is 1. The van der Waals surface area contributed by atoms with Gasteiger partial charge in [0.05, 0.1) is 0 Å². The number of aryl methyl sites for hydroxylation is 1. The van der Waals surface area contributed by atoms with E-state index in [9.17, 15) is 14.4 Å². The summed E-state index contributed by atoms with van der Waals surface area (Å²) in [5.41, 5.74) is 2.01. The van der Waals surface area contributed by atoms with Gasteiger partial charge in [-0.25, -0.2) is 4.79 Å². The van der Waals surface area contributed by atoms with Crippen LogP contribution in [0.4, 0.5) is 5.69 Å². The van der Waals surface area contributed by atoms with Crippen molar-refractivity contribution in [2.75, 3.05) is 11.9 Å². The topological polar surface area (TPSA) is 84.5 Å². The molecule has 0 saturated heterocycles. The number of carbonyl (C=O) groups excluding carboxylic acids is 3. The minimum Gasteiger partial charge on any atom is -0.451 e. The van der Waals surface area contributed by atoms with Gasteiger partial charge in [-0.15, -0.1) is 0 Å². The van der Waals surface area contributed by atoms with Crippen LogP contribution in [0, 0.1) is 6.92 Å². The van der Waals surface area contributed by atoms with Crippen molar-refractivity contribution in [2.24, 2.45) is 0 Å². The maximum Gasteiger partial charge on any atom is 0.355 e. The van der Waals surface area contributed by atoms with Gasteiger partial charge in [0.2, 0.25) is 5.91 Å². The van der Waals surface area contributed by atoms with E-state index in [1.54, 1.807) is 49.4 Å². The molecule has 0 spiro atoms. The van der Waals surface area contributed by atoms with Gasteiger partial charge in [0, 0.05) is 17.6 Å². The van der Waals surface area contributed by atoms with Crippen LogP contribution in [0.15, 0.2) is 54.2 Å². The molecule has 0 unspecified atom stereocenters. The van der Waals surface area contributed by atoms with E-state index in [2.05, 4.69) is 10.6 Å². The van der Waals surface area contributed by atoms with Crippen molar-refractivity contribution >= 4 is 41.1 Å². The third kappa shape index (κ3) is 6.60. The maximum atomic E-state index is 12.2. The van der Waals surface area contributed by atoms with Crippen molar-refractivity contribution in [2.45, 2.75) is 13.8 Å². The number of amides is 2. The van der Waals surface area contributed by atoms with E-state index < -0.39 is 24.4 Å². The highest BCUT2D eigenvalue weighted by Crippen LogP contribution is 2.19. The Kier molecular flexibility index (Phi) is 7.14. The summed E-state index contributed by atoms with van der Waals surface area (Å²) >= 11 is 5.88. The molecule has 0 aliphatic carbocycles. The van der Waals surface area contributed by atoms with Gasteiger partial charge < -0.3 is 15.4 Å². The lowest BCUT2D eigenvalue weighted by Gasteiger charge is -2.11. The van der Waals surface area contributed by atoms with Gasteiger partial charge in [0.25, 0.3) is 5.91 Å². The molecule has 2 rings (SSSR count). The number of esters is 1. The molecule has 2 N–H and O–H groups in total. The number of ether oxygens (including phenoxy) is 1. The predicted molar refractivity (Wildman–Crippen MR) is 104 cm³/mol. The molecule has 0 aliphatic rings. The lowest BCUT2D eigenvalue weighted by atomic mass is 10.2. The fraction of sp³-hybridized carbons (Fsp3) is 0.150. The van der Waals surface area contributed by atoms with Crippen LogP contribution in [0.25, 0.3) is 6.08 Å². The standard InChI is InChI=1S/C20H19ClN2O4/c1-13-10-16(21)8-9-17(13)23-19(25)12-27-20(26)18(22-14(2)24)11-15-6-4-3-5-7-15/h3-11H,12H2,1-2H3,(H,22,24)(H,23,25)/b18-11-. The summed E-state index contributed by atoms with van der Waals surface area (Å²) in [6.45, 7) is 2.58. The summed E-state index contributed by atoms with van der Waals surface area (Å²) in [4.78, 5) is 35.6. The van der Waals surface area contributed by atoms with Crippen LogP contribution in [0.2, 0.25) is 5.02 Å². The molecule has 2 amide bonds. The summed E-state index contributed by atoms with van der Waals surface area (Å²) in [6.07, 6.45) is 1.48. The fourth-order valence-electron chi connectivity index (χ4n) is 2.21. The van der Waals surface area contributed by atoms with Gasteiger partial charge in [-0.1, -0.05) is 41.9 Å². The number of halogens is 1. The number of hydrogen-bond donors (Lipinski definition) is 2. The zero-order valence-corrected chi connectivity index (χ0v) is 15.7. The van der Waals surface area contributed by atoms with E-state index in [1.165, 1.54) is 13.0 Å². The first-order valence-corrected chi connectivity index (χ1v) is 8.50. The average molecular weight is 387 g/mol. The lowest BCUT2D eigenvalue weighted by Crippen LogP contribution is -2.29. The van der Waals surface area contributed by atoms with E-state index in [4.69, 9.17) is 16.3 Å². The molecule has 0 bridgehead atoms. The van der Waals surface area contributed by atoms with Crippen LogP contribution >= 0.6 is 11.6 Å². The summed E-state index contributed by atoms with van der Waals surface area (Å²) in [6, 6.07) is 14.0. The number of hydrogen-bond acceptors (Lipinski definition) is 4. The fourth-order valence-corrected chi connectivity index (χ4v) is 2.44. The molecule has 0 aliphatic heterocycles. The largest absolute Gasteiger partial charge is 0.451 e. The molecule has 0 aromatic heterocycles. The van der Waals surface area contributed by atoms with Gasteiger partial charge in [-0.2, -0.15) is 0 Å². The summed E-state index contributed by atoms with van der Waals surface area (Å²) < 4.78 is 5.01. The van der Waals surface area contributed by atoms with Gasteiger partial charge in [0.15, 0.2) is 6.61 Å². The normalized spacial score (nSPS) is 10.9. The van der Waals surface area contributed by atoms with E-state index in [0.717, 1.165) is 5.56 Å². The zero-order chi connectivity index (χ0) is 19.8. The van der Waals surface area contributed by atoms with Crippen LogP contribution in [-0.2, 0) is 19.1 Å². The van der Waals surface area contributed by atoms with Crippen molar-refractivity contribution in [3.05, 3.63) is 70.4 Å². The van der Waals surface area contributed by atoms with Crippen LogP contribution in [0.3, 0.4) is 0 Å². The van der Waals surface area contributed by atoms with Gasteiger partial charge >= 0.3 is 5.97 Å². The molecule has 2 aromatic carbocycles. The lowest BCUT2D eigenvalue weighted by molar-refractivity contribution is -0.144. The molecule has 27 heavy (non-hydrogen) atoms. The number of benzene rings is 2. The molecule has 0 atom stereocenters. The summed E-state index contributed by atoms with van der Waals surface area (Å²) in [5.74, 6) is -1.73. The number of carbonyl (C=O) groups is 3. The van der Waals surface area contributed by atoms with Crippen molar-refractivity contribution in [1.82, 2.24) is 5.32 Å². The zero-order valence-electron chi connectivity index (χ0n) is 14.9. The van der Waals surface area contributed by atoms with Crippen LogP contribution in [0.5, 0.6) is 0 Å². The second-order valence-electron chi connectivity index (χ2n) is 5.73. The Morgan fingerprint density at radius 1 is 1.11 bits per heavy atom. The molecule has 0 saturated carbocycles. The SMILES string of the molecule is CC(=O)N/C(=C\c1ccccc1)C(=O)OCC(=O)Nc1ccc(Cl)cc1C. The van der Waals surface area contributed by atoms with Crippen molar-refractivity contribution < 1.29 is 19.1 Å². The quantitative estimate of drug-likeness (QED) is 0.589.